The molecule has 240 valence electrons. The van der Waals surface area contributed by atoms with E-state index in [0.717, 1.165) is 6.42 Å². The van der Waals surface area contributed by atoms with Gasteiger partial charge in [0.25, 0.3) is 0 Å². The van der Waals surface area contributed by atoms with Gasteiger partial charge in [0.05, 0.1) is 0 Å². The third kappa shape index (κ3) is 5.92. The van der Waals surface area contributed by atoms with Crippen molar-refractivity contribution in [3.05, 3.63) is 211 Å². The van der Waals surface area contributed by atoms with Crippen LogP contribution >= 0.6 is 0 Å². The minimum Gasteiger partial charge on any atom is -0.0795 e. The van der Waals surface area contributed by atoms with Crippen LogP contribution in [-0.2, 0) is 6.42 Å². The molecule has 0 aliphatic heterocycles. The lowest BCUT2D eigenvalue weighted by atomic mass is 9.84. The van der Waals surface area contributed by atoms with Crippen LogP contribution in [0.3, 0.4) is 0 Å². The SMILES string of the molecule is C(=C\c1ccc(-c2c3ccccc3c(-c3ccccc3)c3c2ccc2ccccc23)cc1)/Cc1cc(-c2ccccc2)cc(-c2ccccc2)c1. The Morgan fingerprint density at radius 3 is 1.47 bits per heavy atom. The van der Waals surface area contributed by atoms with Gasteiger partial charge in [-0.15, -0.1) is 0 Å². The summed E-state index contributed by atoms with van der Waals surface area (Å²) >= 11 is 0. The predicted molar refractivity (Wildman–Crippen MR) is 220 cm³/mol. The van der Waals surface area contributed by atoms with Gasteiger partial charge < -0.3 is 0 Å². The van der Waals surface area contributed by atoms with Crippen LogP contribution in [0.2, 0.25) is 0 Å². The summed E-state index contributed by atoms with van der Waals surface area (Å²) in [4.78, 5) is 0. The first-order chi connectivity index (χ1) is 25.3. The number of fused-ring (bicyclic) bond motifs is 4. The van der Waals surface area contributed by atoms with Crippen molar-refractivity contribution in [2.45, 2.75) is 6.42 Å². The molecule has 0 radical (unpaired) electrons. The molecule has 0 heteroatoms. The molecule has 0 nitrogen and oxygen atoms in total. The highest BCUT2D eigenvalue weighted by Crippen LogP contribution is 2.46. The number of rotatable bonds is 7. The summed E-state index contributed by atoms with van der Waals surface area (Å²) in [5, 5.41) is 7.68. The van der Waals surface area contributed by atoms with Gasteiger partial charge in [-0.05, 0) is 100 Å². The predicted octanol–water partition coefficient (Wildman–Crippen LogP) is 14.1. The van der Waals surface area contributed by atoms with Crippen molar-refractivity contribution in [2.24, 2.45) is 0 Å². The molecule has 0 aliphatic carbocycles. The van der Waals surface area contributed by atoms with Gasteiger partial charge >= 0.3 is 0 Å². The lowest BCUT2D eigenvalue weighted by Gasteiger charge is -2.19. The standard InChI is InChI=1S/C51H36/c1-4-17-38(18-5-1)43-33-37(34-44(35-43)39-19-6-2-7-20-39)16-14-15-36-27-29-42(30-28-36)49-46-25-12-13-26-47(46)50(41-22-8-3-9-23-41)51-45-24-11-10-21-40(45)31-32-48(49)51/h1-15,17-35H,16H2/b15-14+. The maximum Gasteiger partial charge on any atom is -0.00141 e. The third-order valence-electron chi connectivity index (χ3n) is 10.0. The monoisotopic (exact) mass is 648 g/mol. The summed E-state index contributed by atoms with van der Waals surface area (Å²) in [6.07, 6.45) is 5.40. The zero-order chi connectivity index (χ0) is 34.0. The molecule has 0 unspecified atom stereocenters. The molecule has 0 atom stereocenters. The highest BCUT2D eigenvalue weighted by atomic mass is 14.2. The molecule has 9 aromatic rings. The fourth-order valence-electron chi connectivity index (χ4n) is 7.66. The fourth-order valence-corrected chi connectivity index (χ4v) is 7.66. The van der Waals surface area contributed by atoms with E-state index in [0.29, 0.717) is 0 Å². The van der Waals surface area contributed by atoms with Crippen molar-refractivity contribution < 1.29 is 0 Å². The first-order valence-corrected chi connectivity index (χ1v) is 17.7. The second kappa shape index (κ2) is 13.4. The van der Waals surface area contributed by atoms with Gasteiger partial charge in [0.1, 0.15) is 0 Å². The van der Waals surface area contributed by atoms with Crippen LogP contribution < -0.4 is 0 Å². The fraction of sp³-hybridized carbons (Fsp3) is 0.0196. The Balaban J connectivity index is 1.10. The number of benzene rings is 9. The van der Waals surface area contributed by atoms with Gasteiger partial charge in [0.2, 0.25) is 0 Å². The van der Waals surface area contributed by atoms with Crippen molar-refractivity contribution in [1.29, 1.82) is 0 Å². The van der Waals surface area contributed by atoms with Gasteiger partial charge in [-0.3, -0.25) is 0 Å². The molecule has 0 N–H and O–H groups in total. The van der Waals surface area contributed by atoms with E-state index in [4.69, 9.17) is 0 Å². The maximum absolute atomic E-state index is 2.33. The molecule has 0 saturated heterocycles. The molecule has 0 aromatic heterocycles. The molecule has 0 aliphatic rings. The van der Waals surface area contributed by atoms with Crippen LogP contribution in [0.15, 0.2) is 200 Å². The quantitative estimate of drug-likeness (QED) is 0.119. The van der Waals surface area contributed by atoms with E-state index in [9.17, 15) is 0 Å². The van der Waals surface area contributed by atoms with E-state index in [-0.39, 0.29) is 0 Å². The summed E-state index contributed by atoms with van der Waals surface area (Å²) in [6, 6.07) is 70.6. The summed E-state index contributed by atoms with van der Waals surface area (Å²) in [7, 11) is 0. The lowest BCUT2D eigenvalue weighted by molar-refractivity contribution is 1.28. The largest absolute Gasteiger partial charge is 0.0795 e. The molecule has 0 spiro atoms. The van der Waals surface area contributed by atoms with Crippen LogP contribution in [0.5, 0.6) is 0 Å². The minimum atomic E-state index is 0.853. The molecule has 51 heavy (non-hydrogen) atoms. The normalized spacial score (nSPS) is 11.5. The van der Waals surface area contributed by atoms with Crippen LogP contribution in [0.1, 0.15) is 11.1 Å². The summed E-state index contributed by atoms with van der Waals surface area (Å²) < 4.78 is 0. The van der Waals surface area contributed by atoms with Crippen molar-refractivity contribution in [3.8, 4) is 44.5 Å². The van der Waals surface area contributed by atoms with Crippen LogP contribution in [0.4, 0.5) is 0 Å². The van der Waals surface area contributed by atoms with Crippen LogP contribution in [0, 0.1) is 0 Å². The average Bonchev–Trinajstić information content (AvgIpc) is 3.21. The highest BCUT2D eigenvalue weighted by molar-refractivity contribution is 6.27. The summed E-state index contributed by atoms with van der Waals surface area (Å²) in [5.74, 6) is 0. The van der Waals surface area contributed by atoms with E-state index < -0.39 is 0 Å². The van der Waals surface area contributed by atoms with E-state index in [2.05, 4.69) is 206 Å². The van der Waals surface area contributed by atoms with Gasteiger partial charge in [-0.2, -0.15) is 0 Å². The Morgan fingerprint density at radius 1 is 0.333 bits per heavy atom. The minimum absolute atomic E-state index is 0.853. The number of allylic oxidation sites excluding steroid dienone is 1. The Kier molecular flexibility index (Phi) is 8.04. The molecular formula is C51H36. The zero-order valence-corrected chi connectivity index (χ0v) is 28.3. The van der Waals surface area contributed by atoms with E-state index >= 15 is 0 Å². The molecule has 9 rings (SSSR count). The maximum atomic E-state index is 2.33. The Labute approximate surface area is 299 Å². The number of hydrogen-bond acceptors (Lipinski definition) is 0. The van der Waals surface area contributed by atoms with Crippen molar-refractivity contribution in [2.75, 3.05) is 0 Å². The van der Waals surface area contributed by atoms with Gasteiger partial charge in [-0.1, -0.05) is 200 Å². The van der Waals surface area contributed by atoms with Gasteiger partial charge in [0.15, 0.2) is 0 Å². The molecule has 9 aromatic carbocycles. The van der Waals surface area contributed by atoms with Crippen molar-refractivity contribution in [3.63, 3.8) is 0 Å². The molecular weight excluding hydrogens is 613 g/mol. The highest BCUT2D eigenvalue weighted by Gasteiger charge is 2.18. The second-order valence-electron chi connectivity index (χ2n) is 13.3. The van der Waals surface area contributed by atoms with Crippen LogP contribution in [-0.4, -0.2) is 0 Å². The first-order valence-electron chi connectivity index (χ1n) is 17.7. The molecule has 0 saturated carbocycles. The zero-order valence-electron chi connectivity index (χ0n) is 28.3. The summed E-state index contributed by atoms with van der Waals surface area (Å²) in [6.45, 7) is 0. The van der Waals surface area contributed by atoms with E-state index in [1.165, 1.54) is 88.0 Å². The number of hydrogen-bond donors (Lipinski definition) is 0. The van der Waals surface area contributed by atoms with Crippen molar-refractivity contribution in [1.82, 2.24) is 0 Å². The third-order valence-corrected chi connectivity index (χ3v) is 10.0. The molecule has 0 amide bonds. The smallest absolute Gasteiger partial charge is 0.00141 e. The Morgan fingerprint density at radius 2 is 0.843 bits per heavy atom. The van der Waals surface area contributed by atoms with Gasteiger partial charge in [-0.25, -0.2) is 0 Å². The molecule has 0 heterocycles. The average molecular weight is 649 g/mol. The topological polar surface area (TPSA) is 0 Å². The van der Waals surface area contributed by atoms with Crippen LogP contribution in [0.25, 0.3) is 82.9 Å². The lowest BCUT2D eigenvalue weighted by Crippen LogP contribution is -1.92. The molecule has 0 bridgehead atoms. The van der Waals surface area contributed by atoms with E-state index in [1.807, 2.05) is 0 Å². The van der Waals surface area contributed by atoms with Gasteiger partial charge in [0, 0.05) is 0 Å². The Hall–Kier alpha value is -6.50. The summed E-state index contributed by atoms with van der Waals surface area (Å²) in [5.41, 5.74) is 12.5. The Bertz CT molecular complexity index is 2610. The van der Waals surface area contributed by atoms with E-state index in [1.54, 1.807) is 0 Å². The molecule has 0 fully saturated rings. The van der Waals surface area contributed by atoms with Crippen molar-refractivity contribution >= 4 is 38.4 Å². The first kappa shape index (κ1) is 30.6. The second-order valence-corrected chi connectivity index (χ2v) is 13.3.